The Hall–Kier alpha value is -0.860. The minimum absolute atomic E-state index is 0.00686. The molecule has 0 bridgehead atoms. The minimum Gasteiger partial charge on any atom is -0.356 e. The van der Waals surface area contributed by atoms with E-state index < -0.39 is 0 Å². The molecule has 0 aromatic carbocycles. The molecular formula is C11H21NO2. The van der Waals surface area contributed by atoms with Gasteiger partial charge >= 0.3 is 0 Å². The summed E-state index contributed by atoms with van der Waals surface area (Å²) in [5, 5.41) is 2.80. The average Bonchev–Trinajstić information content (AvgIpc) is 2.20. The van der Waals surface area contributed by atoms with Crippen LogP contribution in [0.4, 0.5) is 0 Å². The van der Waals surface area contributed by atoms with E-state index in [2.05, 4.69) is 12.2 Å². The van der Waals surface area contributed by atoms with E-state index in [4.69, 9.17) is 0 Å². The number of amides is 1. The Bertz CT molecular complexity index is 157. The summed E-state index contributed by atoms with van der Waals surface area (Å²) in [6.07, 6.45) is 7.45. The maximum absolute atomic E-state index is 11.0. The van der Waals surface area contributed by atoms with E-state index >= 15 is 0 Å². The first kappa shape index (κ1) is 13.1. The van der Waals surface area contributed by atoms with Crippen molar-refractivity contribution < 1.29 is 9.59 Å². The van der Waals surface area contributed by atoms with Crippen LogP contribution in [0.1, 0.15) is 51.9 Å². The zero-order valence-electron chi connectivity index (χ0n) is 9.05. The van der Waals surface area contributed by atoms with Crippen LogP contribution in [0.3, 0.4) is 0 Å². The number of nitrogens with one attached hydrogen (secondary N) is 1. The second-order valence-corrected chi connectivity index (χ2v) is 3.47. The quantitative estimate of drug-likeness (QED) is 0.456. The zero-order valence-corrected chi connectivity index (χ0v) is 9.05. The van der Waals surface area contributed by atoms with Crippen molar-refractivity contribution in [3.8, 4) is 0 Å². The highest BCUT2D eigenvalue weighted by Crippen LogP contribution is 2.01. The fourth-order valence-electron chi connectivity index (χ4n) is 1.23. The van der Waals surface area contributed by atoms with Crippen molar-refractivity contribution in [1.82, 2.24) is 5.32 Å². The summed E-state index contributed by atoms with van der Waals surface area (Å²) in [5.74, 6) is -0.00686. The smallest absolute Gasteiger partial charge is 0.220 e. The molecule has 82 valence electrons. The first-order valence-corrected chi connectivity index (χ1v) is 5.51. The van der Waals surface area contributed by atoms with Gasteiger partial charge < -0.3 is 10.1 Å². The topological polar surface area (TPSA) is 46.2 Å². The van der Waals surface area contributed by atoms with Gasteiger partial charge in [-0.3, -0.25) is 4.79 Å². The highest BCUT2D eigenvalue weighted by atomic mass is 16.1. The monoisotopic (exact) mass is 199 g/mol. The lowest BCUT2D eigenvalue weighted by atomic mass is 10.1. The van der Waals surface area contributed by atoms with Gasteiger partial charge in [-0.1, -0.05) is 32.6 Å². The van der Waals surface area contributed by atoms with Gasteiger partial charge in [0.15, 0.2) is 0 Å². The first-order valence-electron chi connectivity index (χ1n) is 5.51. The molecule has 1 N–H and O–H groups in total. The molecule has 3 nitrogen and oxygen atoms in total. The lowest BCUT2D eigenvalue weighted by Crippen LogP contribution is -2.24. The average molecular weight is 199 g/mol. The van der Waals surface area contributed by atoms with Gasteiger partial charge in [0.25, 0.3) is 0 Å². The molecule has 0 aliphatic carbocycles. The van der Waals surface area contributed by atoms with E-state index in [1.807, 2.05) is 0 Å². The normalized spacial score (nSPS) is 9.79. The van der Waals surface area contributed by atoms with Gasteiger partial charge in [-0.15, -0.1) is 0 Å². The summed E-state index contributed by atoms with van der Waals surface area (Å²) in [5.41, 5.74) is 0. The molecule has 0 aromatic rings. The van der Waals surface area contributed by atoms with Crippen molar-refractivity contribution >= 4 is 12.2 Å². The number of rotatable bonds is 9. The van der Waals surface area contributed by atoms with Gasteiger partial charge in [0.2, 0.25) is 5.91 Å². The molecule has 0 aromatic heterocycles. The van der Waals surface area contributed by atoms with Crippen LogP contribution in [0.15, 0.2) is 0 Å². The molecule has 3 heteroatoms. The molecule has 0 aliphatic heterocycles. The fraction of sp³-hybridized carbons (Fsp3) is 0.818. The van der Waals surface area contributed by atoms with Crippen LogP contribution in [0.5, 0.6) is 0 Å². The van der Waals surface area contributed by atoms with Crippen LogP contribution in [0.25, 0.3) is 0 Å². The Balaban J connectivity index is 3.10. The second kappa shape index (κ2) is 10.2. The summed E-state index contributed by atoms with van der Waals surface area (Å²) in [7, 11) is 0. The van der Waals surface area contributed by atoms with Crippen LogP contribution >= 0.6 is 0 Å². The molecule has 0 radical (unpaired) electrons. The first-order chi connectivity index (χ1) is 6.81. The predicted molar refractivity (Wildman–Crippen MR) is 57.1 cm³/mol. The number of hydrogen-bond acceptors (Lipinski definition) is 2. The number of unbranched alkanes of at least 4 members (excludes halogenated alkanes) is 4. The van der Waals surface area contributed by atoms with Crippen LogP contribution in [0.2, 0.25) is 0 Å². The third-order valence-electron chi connectivity index (χ3n) is 2.09. The van der Waals surface area contributed by atoms with Crippen LogP contribution in [0, 0.1) is 0 Å². The molecule has 0 unspecified atom stereocenters. The molecule has 14 heavy (non-hydrogen) atoms. The lowest BCUT2D eigenvalue weighted by molar-refractivity contribution is -0.122. The molecule has 0 saturated carbocycles. The minimum atomic E-state index is -0.00686. The third-order valence-corrected chi connectivity index (χ3v) is 2.09. The Kier molecular flexibility index (Phi) is 9.59. The molecular weight excluding hydrogens is 178 g/mol. The van der Waals surface area contributed by atoms with E-state index in [9.17, 15) is 9.59 Å². The third kappa shape index (κ3) is 9.23. The number of hydrogen-bond donors (Lipinski definition) is 1. The summed E-state index contributed by atoms with van der Waals surface area (Å²) in [6.45, 7) is 2.93. The maximum atomic E-state index is 11.0. The van der Waals surface area contributed by atoms with E-state index in [1.54, 1.807) is 0 Å². The molecule has 1 amide bonds. The number of carbonyl (C=O) groups is 2. The molecule has 0 aliphatic rings. The SMILES string of the molecule is CCCCCCCNC(=O)CCC=O. The van der Waals surface area contributed by atoms with E-state index in [1.165, 1.54) is 25.7 Å². The highest BCUT2D eigenvalue weighted by molar-refractivity contribution is 5.77. The van der Waals surface area contributed by atoms with Gasteiger partial charge in [-0.25, -0.2) is 0 Å². The standard InChI is InChI=1S/C11H21NO2/c1-2-3-4-5-6-9-12-11(14)8-7-10-13/h10H,2-9H2,1H3,(H,12,14). The molecule has 0 fully saturated rings. The van der Waals surface area contributed by atoms with E-state index in [0.717, 1.165) is 19.3 Å². The Morgan fingerprint density at radius 2 is 1.93 bits per heavy atom. The fourth-order valence-corrected chi connectivity index (χ4v) is 1.23. The van der Waals surface area contributed by atoms with Crippen molar-refractivity contribution in [2.24, 2.45) is 0 Å². The van der Waals surface area contributed by atoms with Gasteiger partial charge in [0.05, 0.1) is 0 Å². The van der Waals surface area contributed by atoms with Crippen molar-refractivity contribution in [3.05, 3.63) is 0 Å². The Morgan fingerprint density at radius 3 is 2.57 bits per heavy atom. The van der Waals surface area contributed by atoms with Gasteiger partial charge in [-0.05, 0) is 6.42 Å². The van der Waals surface area contributed by atoms with Gasteiger partial charge in [0.1, 0.15) is 6.29 Å². The van der Waals surface area contributed by atoms with E-state index in [0.29, 0.717) is 12.8 Å². The number of carbonyl (C=O) groups excluding carboxylic acids is 2. The highest BCUT2D eigenvalue weighted by Gasteiger charge is 1.98. The van der Waals surface area contributed by atoms with E-state index in [-0.39, 0.29) is 5.91 Å². The van der Waals surface area contributed by atoms with Crippen molar-refractivity contribution in [2.45, 2.75) is 51.9 Å². The van der Waals surface area contributed by atoms with Crippen LogP contribution < -0.4 is 5.32 Å². The molecule has 0 saturated heterocycles. The molecule has 0 rings (SSSR count). The van der Waals surface area contributed by atoms with Crippen molar-refractivity contribution in [3.63, 3.8) is 0 Å². The van der Waals surface area contributed by atoms with Crippen LogP contribution in [-0.2, 0) is 9.59 Å². The van der Waals surface area contributed by atoms with Crippen molar-refractivity contribution in [1.29, 1.82) is 0 Å². The summed E-state index contributed by atoms with van der Waals surface area (Å²) >= 11 is 0. The van der Waals surface area contributed by atoms with Crippen LogP contribution in [-0.4, -0.2) is 18.7 Å². The Labute approximate surface area is 86.3 Å². The molecule has 0 atom stereocenters. The zero-order chi connectivity index (χ0) is 10.6. The maximum Gasteiger partial charge on any atom is 0.220 e. The molecule has 0 heterocycles. The summed E-state index contributed by atoms with van der Waals surface area (Å²) in [6, 6.07) is 0. The number of aldehydes is 1. The van der Waals surface area contributed by atoms with Crippen molar-refractivity contribution in [2.75, 3.05) is 6.54 Å². The van der Waals surface area contributed by atoms with Gasteiger partial charge in [0, 0.05) is 19.4 Å². The van der Waals surface area contributed by atoms with Gasteiger partial charge in [-0.2, -0.15) is 0 Å². The summed E-state index contributed by atoms with van der Waals surface area (Å²) in [4.78, 5) is 21.0. The molecule has 0 spiro atoms. The second-order valence-electron chi connectivity index (χ2n) is 3.47. The Morgan fingerprint density at radius 1 is 1.21 bits per heavy atom. The largest absolute Gasteiger partial charge is 0.356 e. The summed E-state index contributed by atoms with van der Waals surface area (Å²) < 4.78 is 0. The lowest BCUT2D eigenvalue weighted by Gasteiger charge is -2.03. The predicted octanol–water partition coefficient (Wildman–Crippen LogP) is 2.05.